The number of piperidine rings is 1. The van der Waals surface area contributed by atoms with E-state index in [1.807, 2.05) is 12.1 Å². The van der Waals surface area contributed by atoms with Crippen molar-refractivity contribution in [3.63, 3.8) is 0 Å². The second-order valence-corrected chi connectivity index (χ2v) is 6.35. The molecule has 1 heterocycles. The molecule has 0 radical (unpaired) electrons. The van der Waals surface area contributed by atoms with Crippen molar-refractivity contribution in [3.05, 3.63) is 33.3 Å². The molecule has 0 amide bonds. The molecule has 0 atom stereocenters. The third-order valence-corrected chi connectivity index (χ3v) is 4.66. The molecule has 0 unspecified atom stereocenters. The fourth-order valence-electron chi connectivity index (χ4n) is 3.09. The highest BCUT2D eigenvalue weighted by Gasteiger charge is 2.35. The number of hydrogen-bond donors (Lipinski definition) is 1. The van der Waals surface area contributed by atoms with Crippen molar-refractivity contribution in [1.29, 1.82) is 0 Å². The Hall–Kier alpha value is -1.33. The average molecular weight is 310 g/mol. The molecule has 1 aliphatic heterocycles. The van der Waals surface area contributed by atoms with E-state index in [0.717, 1.165) is 45.3 Å². The quantitative estimate of drug-likeness (QED) is 0.670. The molecular formula is C15H20ClN3O2. The molecule has 3 rings (SSSR count). The van der Waals surface area contributed by atoms with Crippen molar-refractivity contribution in [3.8, 4) is 0 Å². The van der Waals surface area contributed by atoms with Crippen molar-refractivity contribution >= 4 is 23.0 Å². The number of nitrogens with one attached hydrogen (secondary N) is 1. The van der Waals surface area contributed by atoms with E-state index in [-0.39, 0.29) is 15.6 Å². The van der Waals surface area contributed by atoms with Crippen LogP contribution in [0.25, 0.3) is 0 Å². The highest BCUT2D eigenvalue weighted by Crippen LogP contribution is 2.41. The van der Waals surface area contributed by atoms with Crippen LogP contribution in [0.2, 0.25) is 5.02 Å². The zero-order chi connectivity index (χ0) is 14.8. The summed E-state index contributed by atoms with van der Waals surface area (Å²) in [6, 6.07) is 5.68. The summed E-state index contributed by atoms with van der Waals surface area (Å²) in [7, 11) is 0. The van der Waals surface area contributed by atoms with Gasteiger partial charge in [-0.05, 0) is 56.8 Å². The summed E-state index contributed by atoms with van der Waals surface area (Å²) in [5.74, 6) is 0.602. The van der Waals surface area contributed by atoms with Crippen LogP contribution in [0.4, 0.5) is 11.4 Å². The number of halogens is 1. The zero-order valence-corrected chi connectivity index (χ0v) is 12.7. The lowest BCUT2D eigenvalue weighted by Gasteiger charge is -2.31. The van der Waals surface area contributed by atoms with Crippen LogP contribution in [0, 0.1) is 16.0 Å². The fraction of sp³-hybridized carbons (Fsp3) is 0.600. The van der Waals surface area contributed by atoms with E-state index in [1.165, 1.54) is 0 Å². The molecule has 1 aromatic rings. The number of rotatable bonds is 5. The van der Waals surface area contributed by atoms with Gasteiger partial charge in [0.05, 0.1) is 4.92 Å². The Morgan fingerprint density at radius 3 is 2.62 bits per heavy atom. The molecule has 21 heavy (non-hydrogen) atoms. The molecule has 1 saturated heterocycles. The van der Waals surface area contributed by atoms with Gasteiger partial charge in [0.15, 0.2) is 0 Å². The molecule has 1 N–H and O–H groups in total. The maximum absolute atomic E-state index is 11.4. The molecule has 6 heteroatoms. The van der Waals surface area contributed by atoms with E-state index in [4.69, 9.17) is 11.6 Å². The van der Waals surface area contributed by atoms with Gasteiger partial charge in [-0.15, -0.1) is 0 Å². The topological polar surface area (TPSA) is 58.4 Å². The normalized spacial score (nSPS) is 19.5. The number of para-hydroxylation sites is 1. The van der Waals surface area contributed by atoms with Gasteiger partial charge in [0.25, 0.3) is 0 Å². The first-order valence-electron chi connectivity index (χ1n) is 7.57. The first-order chi connectivity index (χ1) is 10.2. The van der Waals surface area contributed by atoms with Crippen LogP contribution < -0.4 is 10.2 Å². The molecule has 0 spiro atoms. The van der Waals surface area contributed by atoms with Crippen LogP contribution in [0.1, 0.15) is 25.7 Å². The molecular weight excluding hydrogens is 290 g/mol. The SMILES string of the molecule is O=[N+]([O-])c1c(Cl)cccc1N(CC1CCNCC1)C1CC1. The van der Waals surface area contributed by atoms with Gasteiger partial charge in [0.2, 0.25) is 0 Å². The predicted molar refractivity (Wildman–Crippen MR) is 84.1 cm³/mol. The molecule has 0 aromatic heterocycles. The summed E-state index contributed by atoms with van der Waals surface area (Å²) >= 11 is 6.06. The van der Waals surface area contributed by atoms with Crippen LogP contribution in [-0.4, -0.2) is 30.6 Å². The smallest absolute Gasteiger partial charge is 0.310 e. The number of benzene rings is 1. The number of nitro groups is 1. The summed E-state index contributed by atoms with van der Waals surface area (Å²) in [6.07, 6.45) is 4.51. The minimum absolute atomic E-state index is 0.0556. The first kappa shape index (κ1) is 14.6. The van der Waals surface area contributed by atoms with E-state index < -0.39 is 0 Å². The van der Waals surface area contributed by atoms with Crippen molar-refractivity contribution in [2.75, 3.05) is 24.5 Å². The van der Waals surface area contributed by atoms with Crippen molar-refractivity contribution in [1.82, 2.24) is 5.32 Å². The second kappa shape index (κ2) is 6.20. The highest BCUT2D eigenvalue weighted by molar-refractivity contribution is 6.33. The molecule has 1 saturated carbocycles. The van der Waals surface area contributed by atoms with Crippen molar-refractivity contribution < 1.29 is 4.92 Å². The van der Waals surface area contributed by atoms with Gasteiger partial charge in [0.1, 0.15) is 10.7 Å². The summed E-state index contributed by atoms with van der Waals surface area (Å²) in [4.78, 5) is 13.2. The summed E-state index contributed by atoms with van der Waals surface area (Å²) < 4.78 is 0. The maximum Gasteiger partial charge on any atom is 0.310 e. The Labute approximate surface area is 129 Å². The second-order valence-electron chi connectivity index (χ2n) is 5.94. The molecule has 1 aromatic carbocycles. The minimum atomic E-state index is -0.352. The van der Waals surface area contributed by atoms with E-state index in [2.05, 4.69) is 10.2 Å². The van der Waals surface area contributed by atoms with Gasteiger partial charge in [-0.25, -0.2) is 0 Å². The van der Waals surface area contributed by atoms with E-state index in [0.29, 0.717) is 17.6 Å². The third kappa shape index (κ3) is 3.30. The van der Waals surface area contributed by atoms with Crippen LogP contribution >= 0.6 is 11.6 Å². The average Bonchev–Trinajstić information content (AvgIpc) is 3.30. The first-order valence-corrected chi connectivity index (χ1v) is 7.95. The predicted octanol–water partition coefficient (Wildman–Crippen LogP) is 3.22. The van der Waals surface area contributed by atoms with Crippen LogP contribution in [0.15, 0.2) is 18.2 Å². The molecule has 2 fully saturated rings. The summed E-state index contributed by atoms with van der Waals surface area (Å²) in [5, 5.41) is 15.0. The lowest BCUT2D eigenvalue weighted by molar-refractivity contribution is -0.384. The lowest BCUT2D eigenvalue weighted by atomic mass is 9.97. The Bertz CT molecular complexity index is 528. The lowest BCUT2D eigenvalue weighted by Crippen LogP contribution is -2.37. The molecule has 5 nitrogen and oxygen atoms in total. The molecule has 114 valence electrons. The third-order valence-electron chi connectivity index (χ3n) is 4.36. The van der Waals surface area contributed by atoms with Gasteiger partial charge < -0.3 is 10.2 Å². The maximum atomic E-state index is 11.4. The largest absolute Gasteiger partial charge is 0.363 e. The van der Waals surface area contributed by atoms with Gasteiger partial charge in [-0.2, -0.15) is 0 Å². The van der Waals surface area contributed by atoms with Gasteiger partial charge in [-0.3, -0.25) is 10.1 Å². The molecule has 0 bridgehead atoms. The Morgan fingerprint density at radius 2 is 2.00 bits per heavy atom. The zero-order valence-electron chi connectivity index (χ0n) is 11.9. The van der Waals surface area contributed by atoms with E-state index in [1.54, 1.807) is 6.07 Å². The number of nitro benzene ring substituents is 1. The fourth-order valence-corrected chi connectivity index (χ4v) is 3.33. The molecule has 1 aliphatic carbocycles. The highest BCUT2D eigenvalue weighted by atomic mass is 35.5. The van der Waals surface area contributed by atoms with Gasteiger partial charge >= 0.3 is 5.69 Å². The van der Waals surface area contributed by atoms with E-state index >= 15 is 0 Å². The van der Waals surface area contributed by atoms with Crippen LogP contribution in [0.5, 0.6) is 0 Å². The molecule has 2 aliphatic rings. The Kier molecular flexibility index (Phi) is 4.31. The Balaban J connectivity index is 1.87. The van der Waals surface area contributed by atoms with Gasteiger partial charge in [-0.1, -0.05) is 17.7 Å². The number of hydrogen-bond acceptors (Lipinski definition) is 4. The van der Waals surface area contributed by atoms with Crippen LogP contribution in [0.3, 0.4) is 0 Å². The number of nitrogens with zero attached hydrogens (tertiary/aromatic N) is 2. The van der Waals surface area contributed by atoms with Crippen LogP contribution in [-0.2, 0) is 0 Å². The minimum Gasteiger partial charge on any atom is -0.363 e. The van der Waals surface area contributed by atoms with E-state index in [9.17, 15) is 10.1 Å². The standard InChI is InChI=1S/C15H20ClN3O2/c16-13-2-1-3-14(15(13)19(20)21)18(12-4-5-12)10-11-6-8-17-9-7-11/h1-3,11-12,17H,4-10H2. The number of anilines is 1. The van der Waals surface area contributed by atoms with Crippen molar-refractivity contribution in [2.45, 2.75) is 31.7 Å². The van der Waals surface area contributed by atoms with Crippen molar-refractivity contribution in [2.24, 2.45) is 5.92 Å². The summed E-state index contributed by atoms with van der Waals surface area (Å²) in [6.45, 7) is 2.98. The van der Waals surface area contributed by atoms with Gasteiger partial charge in [0, 0.05) is 12.6 Å². The summed E-state index contributed by atoms with van der Waals surface area (Å²) in [5.41, 5.74) is 0.744. The Morgan fingerprint density at radius 1 is 1.29 bits per heavy atom. The monoisotopic (exact) mass is 309 g/mol.